The summed E-state index contributed by atoms with van der Waals surface area (Å²) < 4.78 is 28.5. The molecule has 0 bridgehead atoms. The number of sulfone groups is 1. The summed E-state index contributed by atoms with van der Waals surface area (Å²) in [5, 5.41) is 0. The van der Waals surface area contributed by atoms with Gasteiger partial charge < -0.3 is 0 Å². The van der Waals surface area contributed by atoms with Crippen molar-refractivity contribution in [2.75, 3.05) is 0 Å². The number of rotatable bonds is 4. The van der Waals surface area contributed by atoms with Crippen molar-refractivity contribution in [2.24, 2.45) is 0 Å². The molecule has 2 nitrogen and oxygen atoms in total. The standard InChI is InChI=1S/C55H35BO2S/c57-59(58)53-27-11-10-26-51(53)56(42-18-2-1-3-19-42)52-31-29-41(35-54(52)59)39-17-13-15-37(33-39)36-14-12-16-38(32-36)40-28-30-50-46(34-40)45-22-6-9-25-49(45)55(50)47-23-7-4-20-43(47)44-21-5-8-24-48(44)55/h1-35H. The smallest absolute Gasteiger partial charge is 0.219 e. The van der Waals surface area contributed by atoms with E-state index in [1.807, 2.05) is 48.5 Å². The summed E-state index contributed by atoms with van der Waals surface area (Å²) in [6.07, 6.45) is 0. The van der Waals surface area contributed by atoms with E-state index in [1.54, 1.807) is 6.07 Å². The second-order valence-corrected chi connectivity index (χ2v) is 17.8. The second-order valence-electron chi connectivity index (χ2n) is 15.9. The fraction of sp³-hybridized carbons (Fsp3) is 0.0182. The minimum atomic E-state index is -3.73. The molecular weight excluding hydrogens is 735 g/mol. The molecule has 1 heterocycles. The van der Waals surface area contributed by atoms with Crippen LogP contribution in [-0.2, 0) is 15.3 Å². The van der Waals surface area contributed by atoms with Crippen molar-refractivity contribution in [3.63, 3.8) is 0 Å². The van der Waals surface area contributed by atoms with E-state index < -0.39 is 9.84 Å². The van der Waals surface area contributed by atoms with Crippen molar-refractivity contribution in [2.45, 2.75) is 15.2 Å². The molecule has 276 valence electrons. The topological polar surface area (TPSA) is 34.1 Å². The number of fused-ring (bicyclic) bond motifs is 12. The van der Waals surface area contributed by atoms with Gasteiger partial charge in [-0.2, -0.15) is 0 Å². The molecule has 1 spiro atoms. The van der Waals surface area contributed by atoms with Crippen LogP contribution in [0.2, 0.25) is 0 Å². The zero-order valence-corrected chi connectivity index (χ0v) is 32.8. The Morgan fingerprint density at radius 3 is 1.37 bits per heavy atom. The van der Waals surface area contributed by atoms with E-state index in [9.17, 15) is 8.42 Å². The van der Waals surface area contributed by atoms with Gasteiger partial charge in [-0.1, -0.05) is 187 Å². The molecule has 0 unspecified atom stereocenters. The Kier molecular flexibility index (Phi) is 7.36. The van der Waals surface area contributed by atoms with E-state index in [2.05, 4.69) is 158 Å². The minimum Gasteiger partial charge on any atom is -0.219 e. The fourth-order valence-electron chi connectivity index (χ4n) is 10.5. The molecular formula is C55H35BO2S. The lowest BCUT2D eigenvalue weighted by atomic mass is 9.36. The van der Waals surface area contributed by atoms with E-state index in [4.69, 9.17) is 0 Å². The first kappa shape index (κ1) is 34.1. The quantitative estimate of drug-likeness (QED) is 0.167. The van der Waals surface area contributed by atoms with Crippen molar-refractivity contribution in [1.82, 2.24) is 0 Å². The maximum absolute atomic E-state index is 14.2. The monoisotopic (exact) mass is 770 g/mol. The molecule has 0 aromatic heterocycles. The summed E-state index contributed by atoms with van der Waals surface area (Å²) in [4.78, 5) is 0.756. The summed E-state index contributed by atoms with van der Waals surface area (Å²) >= 11 is 0. The molecule has 9 aromatic carbocycles. The van der Waals surface area contributed by atoms with Gasteiger partial charge in [0.15, 0.2) is 0 Å². The molecule has 9 aromatic rings. The van der Waals surface area contributed by atoms with Crippen LogP contribution in [0.15, 0.2) is 222 Å². The average molecular weight is 771 g/mol. The highest BCUT2D eigenvalue weighted by Gasteiger charge is 2.51. The SMILES string of the molecule is O=S1(=O)c2ccccc2B(c2ccccc2)c2ccc(-c3cccc(-c4cccc(-c5ccc6c(c5)-c5ccccc5C65c6ccccc6-c6ccccc65)c4)c3)cc21. The van der Waals surface area contributed by atoms with Crippen molar-refractivity contribution in [3.05, 3.63) is 235 Å². The first-order valence-electron chi connectivity index (χ1n) is 20.2. The van der Waals surface area contributed by atoms with Gasteiger partial charge in [-0.15, -0.1) is 0 Å². The van der Waals surface area contributed by atoms with Gasteiger partial charge in [0.2, 0.25) is 16.6 Å². The third kappa shape index (κ3) is 4.84. The van der Waals surface area contributed by atoms with Crippen LogP contribution >= 0.6 is 0 Å². The lowest BCUT2D eigenvalue weighted by Gasteiger charge is -2.30. The van der Waals surface area contributed by atoms with Crippen LogP contribution in [0.25, 0.3) is 55.6 Å². The molecule has 0 atom stereocenters. The van der Waals surface area contributed by atoms with Crippen LogP contribution in [-0.4, -0.2) is 15.1 Å². The second kappa shape index (κ2) is 12.7. The van der Waals surface area contributed by atoms with E-state index in [0.717, 1.165) is 44.2 Å². The van der Waals surface area contributed by atoms with Gasteiger partial charge in [0.1, 0.15) is 0 Å². The Bertz CT molecular complexity index is 3270. The highest BCUT2D eigenvalue weighted by atomic mass is 32.2. The summed E-state index contributed by atoms with van der Waals surface area (Å²) in [5.41, 5.74) is 19.2. The Labute approximate surface area is 345 Å². The van der Waals surface area contributed by atoms with Gasteiger partial charge in [0.25, 0.3) is 0 Å². The van der Waals surface area contributed by atoms with E-state index in [-0.39, 0.29) is 12.1 Å². The zero-order chi connectivity index (χ0) is 39.3. The maximum atomic E-state index is 14.2. The fourth-order valence-corrected chi connectivity index (χ4v) is 12.2. The Balaban J connectivity index is 0.937. The summed E-state index contributed by atoms with van der Waals surface area (Å²) in [5.74, 6) is 0. The van der Waals surface area contributed by atoms with Crippen molar-refractivity contribution < 1.29 is 8.42 Å². The molecule has 12 rings (SSSR count). The van der Waals surface area contributed by atoms with Gasteiger partial charge in [0, 0.05) is 0 Å². The average Bonchev–Trinajstić information content (AvgIpc) is 3.77. The van der Waals surface area contributed by atoms with Crippen LogP contribution in [0.3, 0.4) is 0 Å². The van der Waals surface area contributed by atoms with E-state index in [0.29, 0.717) is 9.79 Å². The molecule has 3 aliphatic rings. The molecule has 0 N–H and O–H groups in total. The molecule has 0 amide bonds. The third-order valence-electron chi connectivity index (χ3n) is 13.0. The van der Waals surface area contributed by atoms with Crippen LogP contribution in [0, 0.1) is 0 Å². The van der Waals surface area contributed by atoms with Crippen LogP contribution in [0.1, 0.15) is 22.3 Å². The summed E-state index contributed by atoms with van der Waals surface area (Å²) in [7, 11) is -3.73. The molecule has 1 aliphatic heterocycles. The number of hydrogen-bond acceptors (Lipinski definition) is 2. The van der Waals surface area contributed by atoms with E-state index >= 15 is 0 Å². The van der Waals surface area contributed by atoms with Crippen LogP contribution < -0.4 is 16.4 Å². The maximum Gasteiger partial charge on any atom is 0.244 e. The van der Waals surface area contributed by atoms with Gasteiger partial charge >= 0.3 is 0 Å². The summed E-state index contributed by atoms with van der Waals surface area (Å²) in [6, 6.07) is 74.6. The highest BCUT2D eigenvalue weighted by molar-refractivity contribution is 7.92. The molecule has 2 aliphatic carbocycles. The summed E-state index contributed by atoms with van der Waals surface area (Å²) in [6.45, 7) is -0.169. The predicted molar refractivity (Wildman–Crippen MR) is 242 cm³/mol. The van der Waals surface area contributed by atoms with Crippen molar-refractivity contribution in [3.8, 4) is 55.6 Å². The largest absolute Gasteiger partial charge is 0.244 e. The number of benzene rings is 9. The molecule has 0 saturated heterocycles. The third-order valence-corrected chi connectivity index (χ3v) is 14.9. The van der Waals surface area contributed by atoms with Crippen molar-refractivity contribution >= 4 is 32.9 Å². The van der Waals surface area contributed by atoms with Crippen LogP contribution in [0.5, 0.6) is 0 Å². The lowest BCUT2D eigenvalue weighted by Crippen LogP contribution is -2.57. The highest BCUT2D eigenvalue weighted by Crippen LogP contribution is 2.63. The molecule has 4 heteroatoms. The molecule has 0 radical (unpaired) electrons. The van der Waals surface area contributed by atoms with Gasteiger partial charge in [0.05, 0.1) is 15.2 Å². The predicted octanol–water partition coefficient (Wildman–Crippen LogP) is 10.7. The Morgan fingerprint density at radius 2 is 0.763 bits per heavy atom. The Hall–Kier alpha value is -7.01. The molecule has 0 saturated carbocycles. The first-order chi connectivity index (χ1) is 29.0. The lowest BCUT2D eigenvalue weighted by molar-refractivity contribution is 0.597. The van der Waals surface area contributed by atoms with Gasteiger partial charge in [-0.25, -0.2) is 8.42 Å². The zero-order valence-electron chi connectivity index (χ0n) is 32.0. The van der Waals surface area contributed by atoms with Crippen molar-refractivity contribution in [1.29, 1.82) is 0 Å². The van der Waals surface area contributed by atoms with Gasteiger partial charge in [-0.05, 0) is 119 Å². The minimum absolute atomic E-state index is 0.169. The normalized spacial score (nSPS) is 14.5. The van der Waals surface area contributed by atoms with Crippen LogP contribution in [0.4, 0.5) is 0 Å². The first-order valence-corrected chi connectivity index (χ1v) is 21.7. The molecule has 59 heavy (non-hydrogen) atoms. The van der Waals surface area contributed by atoms with Gasteiger partial charge in [-0.3, -0.25) is 0 Å². The Morgan fingerprint density at radius 1 is 0.322 bits per heavy atom. The molecule has 0 fully saturated rings. The van der Waals surface area contributed by atoms with E-state index in [1.165, 1.54) is 50.1 Å². The number of hydrogen-bond donors (Lipinski definition) is 0.